The van der Waals surface area contributed by atoms with Crippen molar-refractivity contribution in [2.75, 3.05) is 32.2 Å². The third-order valence-corrected chi connectivity index (χ3v) is 4.98. The third kappa shape index (κ3) is 3.88. The van der Waals surface area contributed by atoms with Gasteiger partial charge in [0, 0.05) is 37.9 Å². The lowest BCUT2D eigenvalue weighted by molar-refractivity contribution is 0.0793. The van der Waals surface area contributed by atoms with Crippen molar-refractivity contribution in [2.45, 2.75) is 19.4 Å². The van der Waals surface area contributed by atoms with E-state index in [0.29, 0.717) is 23.5 Å². The minimum absolute atomic E-state index is 0.0512. The fourth-order valence-corrected chi connectivity index (χ4v) is 3.40. The van der Waals surface area contributed by atoms with E-state index >= 15 is 0 Å². The van der Waals surface area contributed by atoms with Gasteiger partial charge in [-0.15, -0.1) is 0 Å². The lowest BCUT2D eigenvalue weighted by atomic mass is 10.2. The molecule has 4 rings (SSSR count). The van der Waals surface area contributed by atoms with E-state index in [0.717, 1.165) is 37.2 Å². The Morgan fingerprint density at radius 2 is 1.75 bits per heavy atom. The second-order valence-corrected chi connectivity index (χ2v) is 7.05. The molecule has 0 aliphatic carbocycles. The first kappa shape index (κ1) is 18.2. The summed E-state index contributed by atoms with van der Waals surface area (Å²) in [6.07, 6.45) is 2.13. The summed E-state index contributed by atoms with van der Waals surface area (Å²) in [4.78, 5) is 28.3. The highest BCUT2D eigenvalue weighted by Crippen LogP contribution is 2.32. The van der Waals surface area contributed by atoms with Crippen molar-refractivity contribution in [1.29, 1.82) is 0 Å². The van der Waals surface area contributed by atoms with E-state index < -0.39 is 0 Å². The number of benzene rings is 2. The summed E-state index contributed by atoms with van der Waals surface area (Å²) >= 11 is 0. The normalized spacial score (nSPS) is 14.8. The minimum atomic E-state index is -0.226. The average Bonchev–Trinajstić information content (AvgIpc) is 3.39. The molecule has 1 saturated heterocycles. The number of nitrogens with one attached hydrogen (secondary N) is 1. The van der Waals surface area contributed by atoms with Gasteiger partial charge in [0.05, 0.1) is 0 Å². The Labute approximate surface area is 163 Å². The molecule has 2 aliphatic heterocycles. The summed E-state index contributed by atoms with van der Waals surface area (Å²) in [5, 5.41) is 2.86. The molecule has 0 spiro atoms. The molecular weight excluding hydrogens is 358 g/mol. The molecule has 0 saturated carbocycles. The molecule has 1 fully saturated rings. The fourth-order valence-electron chi connectivity index (χ4n) is 3.40. The van der Waals surface area contributed by atoms with Crippen LogP contribution < -0.4 is 14.8 Å². The third-order valence-electron chi connectivity index (χ3n) is 4.98. The molecule has 0 aromatic heterocycles. The highest BCUT2D eigenvalue weighted by atomic mass is 16.7. The number of nitrogens with zero attached hydrogens (tertiary/aromatic N) is 2. The Bertz CT molecular complexity index is 876. The summed E-state index contributed by atoms with van der Waals surface area (Å²) < 4.78 is 10.7. The highest BCUT2D eigenvalue weighted by Gasteiger charge is 2.19. The molecule has 3 amide bonds. The predicted octanol–water partition coefficient (Wildman–Crippen LogP) is 3.32. The van der Waals surface area contributed by atoms with Gasteiger partial charge in [-0.1, -0.05) is 6.07 Å². The lowest BCUT2D eigenvalue weighted by Crippen LogP contribution is -2.31. The summed E-state index contributed by atoms with van der Waals surface area (Å²) in [7, 11) is 1.73. The van der Waals surface area contributed by atoms with E-state index in [4.69, 9.17) is 9.47 Å². The zero-order valence-electron chi connectivity index (χ0n) is 15.8. The van der Waals surface area contributed by atoms with Crippen LogP contribution in [0.1, 0.15) is 28.8 Å². The summed E-state index contributed by atoms with van der Waals surface area (Å²) in [6.45, 7) is 2.31. The molecule has 7 heteroatoms. The van der Waals surface area contributed by atoms with E-state index in [1.807, 2.05) is 23.1 Å². The number of rotatable bonds is 4. The van der Waals surface area contributed by atoms with Crippen LogP contribution in [0, 0.1) is 0 Å². The van der Waals surface area contributed by atoms with E-state index in [1.165, 1.54) is 0 Å². The SMILES string of the molecule is CN(Cc1ccc2c(c1)OCO2)C(=O)Nc1ccc(C(=O)N2CCCC2)cc1. The van der Waals surface area contributed by atoms with Crippen molar-refractivity contribution >= 4 is 17.6 Å². The molecule has 0 bridgehead atoms. The molecular formula is C21H23N3O4. The van der Waals surface area contributed by atoms with Gasteiger partial charge in [-0.05, 0) is 54.8 Å². The van der Waals surface area contributed by atoms with E-state index in [-0.39, 0.29) is 18.7 Å². The number of urea groups is 1. The maximum atomic E-state index is 12.5. The maximum Gasteiger partial charge on any atom is 0.321 e. The van der Waals surface area contributed by atoms with Gasteiger partial charge in [-0.3, -0.25) is 4.79 Å². The molecule has 0 atom stereocenters. The van der Waals surface area contributed by atoms with Crippen LogP contribution in [0.25, 0.3) is 0 Å². The van der Waals surface area contributed by atoms with Crippen LogP contribution in [0.5, 0.6) is 11.5 Å². The van der Waals surface area contributed by atoms with Gasteiger partial charge >= 0.3 is 6.03 Å². The van der Waals surface area contributed by atoms with Crippen molar-refractivity contribution in [3.8, 4) is 11.5 Å². The second-order valence-electron chi connectivity index (χ2n) is 7.05. The zero-order valence-corrected chi connectivity index (χ0v) is 15.8. The molecule has 2 aromatic carbocycles. The van der Waals surface area contributed by atoms with E-state index in [9.17, 15) is 9.59 Å². The molecule has 2 aliphatic rings. The average molecular weight is 381 g/mol. The van der Waals surface area contributed by atoms with Crippen molar-refractivity contribution in [3.63, 3.8) is 0 Å². The van der Waals surface area contributed by atoms with Crippen LogP contribution in [0.4, 0.5) is 10.5 Å². The lowest BCUT2D eigenvalue weighted by Gasteiger charge is -2.19. The molecule has 1 N–H and O–H groups in total. The first-order valence-corrected chi connectivity index (χ1v) is 9.40. The van der Waals surface area contributed by atoms with Gasteiger partial charge in [0.1, 0.15) is 0 Å². The molecule has 0 unspecified atom stereocenters. The minimum Gasteiger partial charge on any atom is -0.454 e. The standard InChI is InChI=1S/C21H23N3O4/c1-23(13-15-4-9-18-19(12-15)28-14-27-18)21(26)22-17-7-5-16(6-8-17)20(25)24-10-2-3-11-24/h4-9,12H,2-3,10-11,13-14H2,1H3,(H,22,26). The fraction of sp³-hybridized carbons (Fsp3) is 0.333. The van der Waals surface area contributed by atoms with E-state index in [1.54, 1.807) is 36.2 Å². The summed E-state index contributed by atoms with van der Waals surface area (Å²) in [5.41, 5.74) is 2.25. The van der Waals surface area contributed by atoms with Gasteiger partial charge in [0.25, 0.3) is 5.91 Å². The number of amides is 3. The van der Waals surface area contributed by atoms with E-state index in [2.05, 4.69) is 5.32 Å². The Kier molecular flexibility index (Phi) is 5.06. The van der Waals surface area contributed by atoms with Crippen LogP contribution in [0.3, 0.4) is 0 Å². The summed E-state index contributed by atoms with van der Waals surface area (Å²) in [6, 6.07) is 12.4. The van der Waals surface area contributed by atoms with Crippen LogP contribution in [-0.2, 0) is 6.54 Å². The molecule has 0 radical (unpaired) electrons. The molecule has 146 valence electrons. The van der Waals surface area contributed by atoms with Crippen LogP contribution in [0.15, 0.2) is 42.5 Å². The Balaban J connectivity index is 1.34. The van der Waals surface area contributed by atoms with Gasteiger partial charge in [0.15, 0.2) is 11.5 Å². The largest absolute Gasteiger partial charge is 0.454 e. The first-order chi connectivity index (χ1) is 13.6. The quantitative estimate of drug-likeness (QED) is 0.882. The first-order valence-electron chi connectivity index (χ1n) is 9.40. The molecule has 2 aromatic rings. The number of ether oxygens (including phenoxy) is 2. The maximum absolute atomic E-state index is 12.5. The Morgan fingerprint density at radius 3 is 2.50 bits per heavy atom. The van der Waals surface area contributed by atoms with Crippen molar-refractivity contribution in [1.82, 2.24) is 9.80 Å². The Hall–Kier alpha value is -3.22. The van der Waals surface area contributed by atoms with Gasteiger partial charge < -0.3 is 24.6 Å². The van der Waals surface area contributed by atoms with Crippen LogP contribution in [-0.4, -0.2) is 48.7 Å². The molecule has 2 heterocycles. The van der Waals surface area contributed by atoms with Gasteiger partial charge in [-0.2, -0.15) is 0 Å². The number of fused-ring (bicyclic) bond motifs is 1. The highest BCUT2D eigenvalue weighted by molar-refractivity contribution is 5.95. The summed E-state index contributed by atoms with van der Waals surface area (Å²) in [5.74, 6) is 1.47. The number of hydrogen-bond acceptors (Lipinski definition) is 4. The topological polar surface area (TPSA) is 71.1 Å². The number of likely N-dealkylation sites (tertiary alicyclic amines) is 1. The van der Waals surface area contributed by atoms with Crippen molar-refractivity contribution in [3.05, 3.63) is 53.6 Å². The Morgan fingerprint density at radius 1 is 1.04 bits per heavy atom. The number of carbonyl (C=O) groups is 2. The smallest absolute Gasteiger partial charge is 0.321 e. The van der Waals surface area contributed by atoms with Crippen LogP contribution >= 0.6 is 0 Å². The number of carbonyl (C=O) groups excluding carboxylic acids is 2. The number of hydrogen-bond donors (Lipinski definition) is 1. The monoisotopic (exact) mass is 381 g/mol. The number of anilines is 1. The predicted molar refractivity (Wildman–Crippen MR) is 105 cm³/mol. The van der Waals surface area contributed by atoms with Crippen molar-refractivity contribution in [2.24, 2.45) is 0 Å². The zero-order chi connectivity index (χ0) is 19.5. The van der Waals surface area contributed by atoms with Crippen LogP contribution in [0.2, 0.25) is 0 Å². The van der Waals surface area contributed by atoms with Gasteiger partial charge in [0.2, 0.25) is 6.79 Å². The molecule has 7 nitrogen and oxygen atoms in total. The molecule has 28 heavy (non-hydrogen) atoms. The van der Waals surface area contributed by atoms with Gasteiger partial charge in [-0.25, -0.2) is 4.79 Å². The second kappa shape index (κ2) is 7.80. The van der Waals surface area contributed by atoms with Crippen molar-refractivity contribution < 1.29 is 19.1 Å².